The lowest BCUT2D eigenvalue weighted by Crippen LogP contribution is -2.26. The molecule has 5 heterocycles. The quantitative estimate of drug-likeness (QED) is 0.292. The second-order valence-electron chi connectivity index (χ2n) is 10.2. The van der Waals surface area contributed by atoms with Crippen molar-refractivity contribution in [3.8, 4) is 5.75 Å². The SMILES string of the molecule is CCc1nn(Cc2cccc(C)n2)c2cccc(NC(=O)c3cnc4cc(OCCN5CCC(F)C5)ccn34)c12. The van der Waals surface area contributed by atoms with Gasteiger partial charge in [-0.1, -0.05) is 19.1 Å². The van der Waals surface area contributed by atoms with E-state index in [2.05, 4.69) is 27.1 Å². The van der Waals surface area contributed by atoms with Gasteiger partial charge in [0.1, 0.15) is 29.9 Å². The predicted molar refractivity (Wildman–Crippen MR) is 152 cm³/mol. The van der Waals surface area contributed by atoms with E-state index in [1.54, 1.807) is 22.9 Å². The largest absolute Gasteiger partial charge is 0.492 e. The lowest BCUT2D eigenvalue weighted by molar-refractivity contribution is 0.102. The fraction of sp³-hybridized carbons (Fsp3) is 0.333. The molecule has 5 aromatic rings. The van der Waals surface area contributed by atoms with Crippen molar-refractivity contribution in [3.63, 3.8) is 0 Å². The number of aryl methyl sites for hydroxylation is 2. The molecule has 1 fully saturated rings. The number of hydrogen-bond acceptors (Lipinski definition) is 6. The summed E-state index contributed by atoms with van der Waals surface area (Å²) in [5.41, 5.74) is 5.47. The number of amides is 1. The molecule has 1 aromatic carbocycles. The highest BCUT2D eigenvalue weighted by Gasteiger charge is 2.21. The normalized spacial score (nSPS) is 15.7. The molecule has 1 unspecified atom stereocenters. The van der Waals surface area contributed by atoms with Crippen LogP contribution in [0.3, 0.4) is 0 Å². The summed E-state index contributed by atoms with van der Waals surface area (Å²) in [6.07, 6.45) is 3.92. The van der Waals surface area contributed by atoms with Gasteiger partial charge >= 0.3 is 0 Å². The molecule has 1 aliphatic rings. The van der Waals surface area contributed by atoms with Gasteiger partial charge in [0.25, 0.3) is 5.91 Å². The van der Waals surface area contributed by atoms with E-state index in [0.717, 1.165) is 41.0 Å². The third-order valence-electron chi connectivity index (χ3n) is 7.30. The average molecular weight is 542 g/mol. The number of nitrogens with one attached hydrogen (secondary N) is 1. The molecule has 40 heavy (non-hydrogen) atoms. The summed E-state index contributed by atoms with van der Waals surface area (Å²) in [4.78, 5) is 24.5. The summed E-state index contributed by atoms with van der Waals surface area (Å²) in [5.74, 6) is 0.396. The van der Waals surface area contributed by atoms with Crippen molar-refractivity contribution in [3.05, 3.63) is 83.7 Å². The number of nitrogens with zero attached hydrogens (tertiary/aromatic N) is 6. The highest BCUT2D eigenvalue weighted by Crippen LogP contribution is 2.29. The number of aromatic nitrogens is 5. The number of pyridine rings is 2. The molecule has 1 saturated heterocycles. The highest BCUT2D eigenvalue weighted by molar-refractivity contribution is 6.08. The topological polar surface area (TPSA) is 89.6 Å². The van der Waals surface area contributed by atoms with E-state index < -0.39 is 6.17 Å². The van der Waals surface area contributed by atoms with E-state index in [4.69, 9.17) is 9.84 Å². The summed E-state index contributed by atoms with van der Waals surface area (Å²) in [5, 5.41) is 8.86. The zero-order valence-electron chi connectivity index (χ0n) is 22.7. The molecule has 1 atom stereocenters. The molecular formula is C30H32FN7O2. The summed E-state index contributed by atoms with van der Waals surface area (Å²) >= 11 is 0. The number of anilines is 1. The number of hydrogen-bond donors (Lipinski definition) is 1. The van der Waals surface area contributed by atoms with Crippen LogP contribution in [0.1, 0.15) is 40.9 Å². The Balaban J connectivity index is 1.20. The molecule has 6 rings (SSSR count). The van der Waals surface area contributed by atoms with Gasteiger partial charge in [-0.2, -0.15) is 5.10 Å². The number of benzene rings is 1. The first-order valence-electron chi connectivity index (χ1n) is 13.7. The molecule has 0 saturated carbocycles. The van der Waals surface area contributed by atoms with E-state index >= 15 is 0 Å². The number of likely N-dealkylation sites (tertiary alicyclic amines) is 1. The van der Waals surface area contributed by atoms with Gasteiger partial charge in [-0.3, -0.25) is 23.8 Å². The van der Waals surface area contributed by atoms with Crippen molar-refractivity contribution in [2.24, 2.45) is 0 Å². The first-order valence-corrected chi connectivity index (χ1v) is 13.7. The van der Waals surface area contributed by atoms with Gasteiger partial charge in [0.05, 0.1) is 35.3 Å². The van der Waals surface area contributed by atoms with Crippen LogP contribution in [0, 0.1) is 6.92 Å². The predicted octanol–water partition coefficient (Wildman–Crippen LogP) is 4.67. The van der Waals surface area contributed by atoms with Crippen LogP contribution >= 0.6 is 0 Å². The van der Waals surface area contributed by atoms with E-state index in [0.29, 0.717) is 55.4 Å². The monoisotopic (exact) mass is 541 g/mol. The minimum atomic E-state index is -0.738. The molecule has 0 radical (unpaired) electrons. The van der Waals surface area contributed by atoms with Crippen LogP contribution in [0.4, 0.5) is 10.1 Å². The second kappa shape index (κ2) is 11.1. The zero-order chi connectivity index (χ0) is 27.6. The second-order valence-corrected chi connectivity index (χ2v) is 10.2. The number of halogens is 1. The zero-order valence-corrected chi connectivity index (χ0v) is 22.7. The summed E-state index contributed by atoms with van der Waals surface area (Å²) in [6, 6.07) is 15.4. The van der Waals surface area contributed by atoms with Gasteiger partial charge in [-0.05, 0) is 50.1 Å². The lowest BCUT2D eigenvalue weighted by atomic mass is 10.1. The Morgan fingerprint density at radius 1 is 1.20 bits per heavy atom. The third kappa shape index (κ3) is 5.27. The maximum absolute atomic E-state index is 13.4. The molecular weight excluding hydrogens is 509 g/mol. The maximum atomic E-state index is 13.4. The maximum Gasteiger partial charge on any atom is 0.274 e. The van der Waals surface area contributed by atoms with E-state index in [-0.39, 0.29) is 5.91 Å². The molecule has 1 aliphatic heterocycles. The lowest BCUT2D eigenvalue weighted by Gasteiger charge is -2.15. The molecule has 1 N–H and O–H groups in total. The van der Waals surface area contributed by atoms with Crippen molar-refractivity contribution < 1.29 is 13.9 Å². The van der Waals surface area contributed by atoms with E-state index in [9.17, 15) is 9.18 Å². The van der Waals surface area contributed by atoms with Crippen molar-refractivity contribution >= 4 is 28.1 Å². The van der Waals surface area contributed by atoms with Crippen molar-refractivity contribution in [1.29, 1.82) is 0 Å². The van der Waals surface area contributed by atoms with Gasteiger partial charge in [0.2, 0.25) is 0 Å². The Morgan fingerprint density at radius 2 is 2.08 bits per heavy atom. The van der Waals surface area contributed by atoms with E-state index in [1.165, 1.54) is 0 Å². The number of fused-ring (bicyclic) bond motifs is 2. The minimum Gasteiger partial charge on any atom is -0.492 e. The average Bonchev–Trinajstić information content (AvgIpc) is 3.66. The number of ether oxygens (including phenoxy) is 1. The van der Waals surface area contributed by atoms with Crippen LogP contribution in [-0.2, 0) is 13.0 Å². The number of carbonyl (C=O) groups is 1. The Bertz CT molecular complexity index is 1680. The van der Waals surface area contributed by atoms with Crippen molar-refractivity contribution in [2.75, 3.05) is 31.6 Å². The van der Waals surface area contributed by atoms with Crippen LogP contribution in [0.2, 0.25) is 0 Å². The number of rotatable bonds is 9. The Hall–Kier alpha value is -4.31. The highest BCUT2D eigenvalue weighted by atomic mass is 19.1. The molecule has 9 nitrogen and oxygen atoms in total. The van der Waals surface area contributed by atoms with Gasteiger partial charge in [-0.25, -0.2) is 9.37 Å². The van der Waals surface area contributed by atoms with Crippen LogP contribution in [0.15, 0.2) is 60.9 Å². The standard InChI is InChI=1S/C30H32FN7O2/c1-3-24-29-25(8-5-9-26(29)38(35-24)19-22-7-4-6-20(2)33-22)34-30(39)27-17-32-28-16-23(11-13-37(27)28)40-15-14-36-12-10-21(31)18-36/h4-9,11,13,16-17,21H,3,10,12,14-15,18-19H2,1-2H3,(H,34,39). The molecule has 206 valence electrons. The molecule has 0 aliphatic carbocycles. The van der Waals surface area contributed by atoms with E-state index in [1.807, 2.05) is 54.1 Å². The number of alkyl halides is 1. The number of imidazole rings is 1. The fourth-order valence-corrected chi connectivity index (χ4v) is 5.31. The Kier molecular flexibility index (Phi) is 7.17. The summed E-state index contributed by atoms with van der Waals surface area (Å²) in [7, 11) is 0. The van der Waals surface area contributed by atoms with Crippen LogP contribution in [-0.4, -0.2) is 67.4 Å². The summed E-state index contributed by atoms with van der Waals surface area (Å²) in [6.45, 7) is 6.96. The Labute approximate surface area is 231 Å². The molecule has 0 bridgehead atoms. The fourth-order valence-electron chi connectivity index (χ4n) is 5.31. The van der Waals surface area contributed by atoms with Gasteiger partial charge < -0.3 is 10.1 Å². The molecule has 10 heteroatoms. The number of carbonyl (C=O) groups excluding carboxylic acids is 1. The van der Waals surface area contributed by atoms with Crippen molar-refractivity contribution in [2.45, 2.75) is 39.4 Å². The van der Waals surface area contributed by atoms with Crippen molar-refractivity contribution in [1.82, 2.24) is 29.0 Å². The van der Waals surface area contributed by atoms with Crippen LogP contribution < -0.4 is 10.1 Å². The van der Waals surface area contributed by atoms with Crippen LogP contribution in [0.25, 0.3) is 16.6 Å². The molecule has 4 aromatic heterocycles. The first kappa shape index (κ1) is 25.9. The third-order valence-corrected chi connectivity index (χ3v) is 7.30. The van der Waals surface area contributed by atoms with Gasteiger partial charge in [0.15, 0.2) is 0 Å². The van der Waals surface area contributed by atoms with Gasteiger partial charge in [0, 0.05) is 43.0 Å². The Morgan fingerprint density at radius 3 is 2.88 bits per heavy atom. The molecule has 1 amide bonds. The smallest absolute Gasteiger partial charge is 0.274 e. The first-order chi connectivity index (χ1) is 19.5. The van der Waals surface area contributed by atoms with Crippen LogP contribution in [0.5, 0.6) is 5.75 Å². The molecule has 0 spiro atoms. The van der Waals surface area contributed by atoms with Gasteiger partial charge in [-0.15, -0.1) is 0 Å². The summed E-state index contributed by atoms with van der Waals surface area (Å²) < 4.78 is 22.9. The minimum absolute atomic E-state index is 0.265.